The van der Waals surface area contributed by atoms with Crippen molar-refractivity contribution in [2.24, 2.45) is 10.9 Å². The molecule has 1 saturated heterocycles. The van der Waals surface area contributed by atoms with Crippen LogP contribution < -0.4 is 10.6 Å². The lowest BCUT2D eigenvalue weighted by Gasteiger charge is -2.34. The Kier molecular flexibility index (Phi) is 7.58. The third-order valence-corrected chi connectivity index (χ3v) is 5.45. The van der Waals surface area contributed by atoms with E-state index in [-0.39, 0.29) is 24.0 Å². The van der Waals surface area contributed by atoms with E-state index < -0.39 is 0 Å². The standard InChI is InChI=1S/C16H26N4OS.HI/c1-12-10-13(12)19-16(17-2)18-11-14(15-4-3-9-22-15)20-5-7-21-8-6-20;/h3-4,9,12-14H,5-8,10-11H2,1-2H3,(H2,17,18,19);1H. The van der Waals surface area contributed by atoms with Gasteiger partial charge in [0.15, 0.2) is 5.96 Å². The lowest BCUT2D eigenvalue weighted by Crippen LogP contribution is -2.46. The summed E-state index contributed by atoms with van der Waals surface area (Å²) in [4.78, 5) is 8.27. The van der Waals surface area contributed by atoms with E-state index in [0.717, 1.165) is 44.7 Å². The van der Waals surface area contributed by atoms with E-state index in [9.17, 15) is 0 Å². The van der Waals surface area contributed by atoms with Crippen LogP contribution in [0.2, 0.25) is 0 Å². The van der Waals surface area contributed by atoms with Crippen molar-refractivity contribution >= 4 is 41.3 Å². The van der Waals surface area contributed by atoms with E-state index >= 15 is 0 Å². The van der Waals surface area contributed by atoms with Crippen molar-refractivity contribution in [2.75, 3.05) is 39.9 Å². The first-order valence-corrected chi connectivity index (χ1v) is 8.98. The fourth-order valence-electron chi connectivity index (χ4n) is 2.87. The highest BCUT2D eigenvalue weighted by atomic mass is 127. The molecule has 0 radical (unpaired) electrons. The molecule has 0 spiro atoms. The minimum atomic E-state index is 0. The second kappa shape index (κ2) is 9.19. The maximum absolute atomic E-state index is 5.49. The molecule has 2 heterocycles. The molecular formula is C16H27IN4OS. The number of rotatable bonds is 5. The quantitative estimate of drug-likeness (QED) is 0.411. The summed E-state index contributed by atoms with van der Waals surface area (Å²) in [5, 5.41) is 9.16. The predicted molar refractivity (Wildman–Crippen MR) is 107 cm³/mol. The molecule has 2 fully saturated rings. The third kappa shape index (κ3) is 5.30. The first kappa shape index (κ1) is 19.0. The minimum absolute atomic E-state index is 0. The Morgan fingerprint density at radius 3 is 2.78 bits per heavy atom. The van der Waals surface area contributed by atoms with E-state index in [1.54, 1.807) is 0 Å². The molecule has 2 N–H and O–H groups in total. The summed E-state index contributed by atoms with van der Waals surface area (Å²) >= 11 is 1.83. The molecule has 7 heteroatoms. The molecule has 0 amide bonds. The van der Waals surface area contributed by atoms with Crippen molar-refractivity contribution in [3.8, 4) is 0 Å². The monoisotopic (exact) mass is 450 g/mol. The van der Waals surface area contributed by atoms with Crippen molar-refractivity contribution in [1.29, 1.82) is 0 Å². The molecule has 130 valence electrons. The third-order valence-electron chi connectivity index (χ3n) is 4.48. The van der Waals surface area contributed by atoms with Gasteiger partial charge in [0, 0.05) is 37.6 Å². The Hall–Kier alpha value is -0.380. The summed E-state index contributed by atoms with van der Waals surface area (Å²) in [6, 6.07) is 5.34. The van der Waals surface area contributed by atoms with Crippen LogP contribution in [0.4, 0.5) is 0 Å². The van der Waals surface area contributed by atoms with Crippen molar-refractivity contribution in [2.45, 2.75) is 25.4 Å². The molecule has 2 aliphatic rings. The van der Waals surface area contributed by atoms with Crippen LogP contribution in [0.3, 0.4) is 0 Å². The van der Waals surface area contributed by atoms with Crippen LogP contribution in [0, 0.1) is 5.92 Å². The van der Waals surface area contributed by atoms with Gasteiger partial charge in [0.05, 0.1) is 19.3 Å². The summed E-state index contributed by atoms with van der Waals surface area (Å²) in [6.45, 7) is 6.79. The second-order valence-corrected chi connectivity index (χ2v) is 7.08. The Morgan fingerprint density at radius 2 is 2.22 bits per heavy atom. The summed E-state index contributed by atoms with van der Waals surface area (Å²) in [5.41, 5.74) is 0. The van der Waals surface area contributed by atoms with Crippen molar-refractivity contribution in [1.82, 2.24) is 15.5 Å². The van der Waals surface area contributed by atoms with Crippen molar-refractivity contribution < 1.29 is 4.74 Å². The van der Waals surface area contributed by atoms with Gasteiger partial charge in [-0.3, -0.25) is 9.89 Å². The number of hydrogen-bond acceptors (Lipinski definition) is 4. The fraction of sp³-hybridized carbons (Fsp3) is 0.688. The van der Waals surface area contributed by atoms with E-state index in [1.807, 2.05) is 18.4 Å². The maximum atomic E-state index is 5.49. The molecule has 1 saturated carbocycles. The predicted octanol–water partition coefficient (Wildman–Crippen LogP) is 2.31. The summed E-state index contributed by atoms with van der Waals surface area (Å²) in [5.74, 6) is 1.69. The Bertz CT molecular complexity index is 490. The summed E-state index contributed by atoms with van der Waals surface area (Å²) in [6.07, 6.45) is 1.25. The molecule has 0 bridgehead atoms. The largest absolute Gasteiger partial charge is 0.379 e. The van der Waals surface area contributed by atoms with E-state index in [0.29, 0.717) is 12.1 Å². The molecule has 5 nitrogen and oxygen atoms in total. The molecular weight excluding hydrogens is 423 g/mol. The van der Waals surface area contributed by atoms with Gasteiger partial charge in [-0.2, -0.15) is 0 Å². The first-order valence-electron chi connectivity index (χ1n) is 8.10. The molecule has 1 aromatic heterocycles. The van der Waals surface area contributed by atoms with Crippen molar-refractivity contribution in [3.05, 3.63) is 22.4 Å². The van der Waals surface area contributed by atoms with Crippen LogP contribution in [0.25, 0.3) is 0 Å². The van der Waals surface area contributed by atoms with Gasteiger partial charge in [-0.05, 0) is 23.8 Å². The van der Waals surface area contributed by atoms with Crippen LogP contribution in [0.1, 0.15) is 24.3 Å². The Balaban J connectivity index is 0.00000192. The highest BCUT2D eigenvalue weighted by Gasteiger charge is 2.33. The van der Waals surface area contributed by atoms with E-state index in [2.05, 4.69) is 45.0 Å². The van der Waals surface area contributed by atoms with Gasteiger partial charge in [0.25, 0.3) is 0 Å². The number of ether oxygens (including phenoxy) is 1. The zero-order valence-electron chi connectivity index (χ0n) is 13.8. The van der Waals surface area contributed by atoms with Crippen molar-refractivity contribution in [3.63, 3.8) is 0 Å². The summed E-state index contributed by atoms with van der Waals surface area (Å²) < 4.78 is 5.49. The van der Waals surface area contributed by atoms with E-state index in [4.69, 9.17) is 4.74 Å². The number of morpholine rings is 1. The van der Waals surface area contributed by atoms with E-state index in [1.165, 1.54) is 11.3 Å². The first-order chi connectivity index (χ1) is 10.8. The number of aliphatic imine (C=N–C) groups is 1. The van der Waals surface area contributed by atoms with Crippen LogP contribution in [0.5, 0.6) is 0 Å². The molecule has 3 rings (SSSR count). The molecule has 23 heavy (non-hydrogen) atoms. The lowest BCUT2D eigenvalue weighted by atomic mass is 10.2. The zero-order chi connectivity index (χ0) is 15.4. The minimum Gasteiger partial charge on any atom is -0.379 e. The zero-order valence-corrected chi connectivity index (χ0v) is 17.0. The molecule has 3 unspecified atom stereocenters. The number of guanidine groups is 1. The number of thiophene rings is 1. The van der Waals surface area contributed by atoms with Crippen LogP contribution in [0.15, 0.2) is 22.5 Å². The van der Waals surface area contributed by atoms with Crippen LogP contribution >= 0.6 is 35.3 Å². The average molecular weight is 450 g/mol. The second-order valence-electron chi connectivity index (χ2n) is 6.10. The molecule has 3 atom stereocenters. The highest BCUT2D eigenvalue weighted by Crippen LogP contribution is 2.29. The van der Waals surface area contributed by atoms with Gasteiger partial charge in [-0.1, -0.05) is 13.0 Å². The molecule has 1 aromatic rings. The molecule has 0 aromatic carbocycles. The maximum Gasteiger partial charge on any atom is 0.191 e. The number of halogens is 1. The number of nitrogens with zero attached hydrogens (tertiary/aromatic N) is 2. The number of hydrogen-bond donors (Lipinski definition) is 2. The van der Waals surface area contributed by atoms with Gasteiger partial charge in [0.2, 0.25) is 0 Å². The van der Waals surface area contributed by atoms with Gasteiger partial charge in [0.1, 0.15) is 0 Å². The normalized spacial score (nSPS) is 26.3. The van der Waals surface area contributed by atoms with Gasteiger partial charge >= 0.3 is 0 Å². The Labute approximate surface area is 159 Å². The average Bonchev–Trinajstić information content (AvgIpc) is 3.02. The topological polar surface area (TPSA) is 48.9 Å². The van der Waals surface area contributed by atoms with Gasteiger partial charge in [-0.25, -0.2) is 0 Å². The molecule has 1 aliphatic carbocycles. The number of nitrogens with one attached hydrogen (secondary N) is 2. The van der Waals surface area contributed by atoms with Gasteiger partial charge in [-0.15, -0.1) is 35.3 Å². The highest BCUT2D eigenvalue weighted by molar-refractivity contribution is 14.0. The van der Waals surface area contributed by atoms with Crippen LogP contribution in [-0.2, 0) is 4.74 Å². The Morgan fingerprint density at radius 1 is 1.48 bits per heavy atom. The van der Waals surface area contributed by atoms with Crippen LogP contribution in [-0.4, -0.2) is 56.8 Å². The smallest absolute Gasteiger partial charge is 0.191 e. The summed E-state index contributed by atoms with van der Waals surface area (Å²) in [7, 11) is 1.84. The lowest BCUT2D eigenvalue weighted by molar-refractivity contribution is 0.0177. The SMILES string of the molecule is CN=C(NCC(c1cccs1)N1CCOCC1)NC1CC1C.I. The molecule has 1 aliphatic heterocycles. The fourth-order valence-corrected chi connectivity index (χ4v) is 3.73. The van der Waals surface area contributed by atoms with Gasteiger partial charge < -0.3 is 15.4 Å².